The highest BCUT2D eigenvalue weighted by molar-refractivity contribution is 5.95. The molecule has 3 rings (SSSR count). The Morgan fingerprint density at radius 3 is 2.70 bits per heavy atom. The number of carbonyl (C=O) groups is 1. The van der Waals surface area contributed by atoms with E-state index in [9.17, 15) is 4.79 Å². The van der Waals surface area contributed by atoms with Crippen LogP contribution in [0.25, 0.3) is 0 Å². The van der Waals surface area contributed by atoms with Crippen molar-refractivity contribution in [3.8, 4) is 0 Å². The van der Waals surface area contributed by atoms with E-state index in [2.05, 4.69) is 18.9 Å². The average molecular weight is 276 g/mol. The highest BCUT2D eigenvalue weighted by Crippen LogP contribution is 2.42. The third-order valence-corrected chi connectivity index (χ3v) is 4.78. The number of nitrogens with two attached hydrogens (primary N) is 1. The van der Waals surface area contributed by atoms with Crippen molar-refractivity contribution >= 4 is 5.91 Å². The Bertz CT molecular complexity index is 530. The van der Waals surface area contributed by atoms with Gasteiger partial charge in [-0.1, -0.05) is 13.8 Å². The molecule has 1 aliphatic heterocycles. The van der Waals surface area contributed by atoms with Gasteiger partial charge < -0.3 is 10.6 Å². The van der Waals surface area contributed by atoms with Crippen LogP contribution < -0.4 is 5.73 Å². The second-order valence-electron chi connectivity index (χ2n) is 6.95. The molecule has 1 saturated carbocycles. The first kappa shape index (κ1) is 13.6. The van der Waals surface area contributed by atoms with Crippen molar-refractivity contribution in [1.29, 1.82) is 0 Å². The van der Waals surface area contributed by atoms with E-state index in [1.807, 2.05) is 16.6 Å². The first-order valence-corrected chi connectivity index (χ1v) is 7.47. The van der Waals surface area contributed by atoms with Gasteiger partial charge in [0.05, 0.1) is 17.5 Å². The van der Waals surface area contributed by atoms with E-state index in [0.29, 0.717) is 5.92 Å². The van der Waals surface area contributed by atoms with Gasteiger partial charge >= 0.3 is 0 Å². The van der Waals surface area contributed by atoms with E-state index in [0.717, 1.165) is 30.8 Å². The molecule has 0 bridgehead atoms. The van der Waals surface area contributed by atoms with E-state index in [4.69, 9.17) is 5.73 Å². The standard InChI is InChI=1S/C15H24N4O/c1-15(2)9-19(7-6-12(15)16)14(20)11-8-17-18(3)13(11)10-4-5-10/h8,10,12H,4-7,9,16H2,1-3H3. The van der Waals surface area contributed by atoms with E-state index in [-0.39, 0.29) is 17.4 Å². The molecule has 1 aromatic heterocycles. The van der Waals surface area contributed by atoms with E-state index >= 15 is 0 Å². The predicted octanol–water partition coefficient (Wildman–Crippen LogP) is 1.50. The lowest BCUT2D eigenvalue weighted by atomic mass is 9.79. The SMILES string of the molecule is Cn1ncc(C(=O)N2CCC(N)C(C)(C)C2)c1C1CC1. The van der Waals surface area contributed by atoms with E-state index in [1.165, 1.54) is 12.8 Å². The summed E-state index contributed by atoms with van der Waals surface area (Å²) in [4.78, 5) is 14.7. The van der Waals surface area contributed by atoms with Gasteiger partial charge in [0.15, 0.2) is 0 Å². The Kier molecular flexibility index (Phi) is 3.12. The molecule has 2 aliphatic rings. The van der Waals surface area contributed by atoms with Gasteiger partial charge in [0.1, 0.15) is 0 Å². The molecular formula is C15H24N4O. The molecule has 1 amide bonds. The number of aromatic nitrogens is 2. The number of aryl methyl sites for hydroxylation is 1. The zero-order chi connectivity index (χ0) is 14.5. The lowest BCUT2D eigenvalue weighted by Gasteiger charge is -2.42. The Morgan fingerprint density at radius 1 is 1.40 bits per heavy atom. The van der Waals surface area contributed by atoms with Gasteiger partial charge in [0.2, 0.25) is 0 Å². The quantitative estimate of drug-likeness (QED) is 0.890. The molecule has 1 aliphatic carbocycles. The Hall–Kier alpha value is -1.36. The summed E-state index contributed by atoms with van der Waals surface area (Å²) in [6.45, 7) is 5.76. The van der Waals surface area contributed by atoms with Crippen LogP contribution in [0, 0.1) is 5.41 Å². The zero-order valence-corrected chi connectivity index (χ0v) is 12.6. The molecule has 1 aromatic rings. The van der Waals surface area contributed by atoms with Gasteiger partial charge in [0, 0.05) is 32.1 Å². The van der Waals surface area contributed by atoms with Crippen molar-refractivity contribution in [2.75, 3.05) is 13.1 Å². The van der Waals surface area contributed by atoms with Crippen LogP contribution >= 0.6 is 0 Å². The molecule has 0 spiro atoms. The number of hydrogen-bond acceptors (Lipinski definition) is 3. The predicted molar refractivity (Wildman–Crippen MR) is 77.5 cm³/mol. The third-order valence-electron chi connectivity index (χ3n) is 4.78. The monoisotopic (exact) mass is 276 g/mol. The molecule has 2 fully saturated rings. The first-order chi connectivity index (χ1) is 9.40. The lowest BCUT2D eigenvalue weighted by Crippen LogP contribution is -2.54. The maximum absolute atomic E-state index is 12.8. The fourth-order valence-corrected chi connectivity index (χ4v) is 3.17. The maximum atomic E-state index is 12.8. The normalized spacial score (nSPS) is 25.8. The molecule has 5 heteroatoms. The number of nitrogens with zero attached hydrogens (tertiary/aromatic N) is 3. The molecule has 20 heavy (non-hydrogen) atoms. The minimum absolute atomic E-state index is 0.0180. The summed E-state index contributed by atoms with van der Waals surface area (Å²) >= 11 is 0. The van der Waals surface area contributed by atoms with Gasteiger partial charge in [-0.25, -0.2) is 0 Å². The van der Waals surface area contributed by atoms with Crippen molar-refractivity contribution in [3.63, 3.8) is 0 Å². The van der Waals surface area contributed by atoms with Crippen LogP contribution in [0.5, 0.6) is 0 Å². The van der Waals surface area contributed by atoms with Crippen LogP contribution in [0.15, 0.2) is 6.20 Å². The average Bonchev–Trinajstić information content (AvgIpc) is 3.15. The van der Waals surface area contributed by atoms with Crippen LogP contribution in [-0.4, -0.2) is 39.7 Å². The molecule has 1 unspecified atom stereocenters. The zero-order valence-electron chi connectivity index (χ0n) is 12.6. The van der Waals surface area contributed by atoms with Crippen LogP contribution in [0.2, 0.25) is 0 Å². The summed E-state index contributed by atoms with van der Waals surface area (Å²) in [7, 11) is 1.93. The largest absolute Gasteiger partial charge is 0.338 e. The molecule has 2 N–H and O–H groups in total. The minimum atomic E-state index is -0.0180. The van der Waals surface area contributed by atoms with Crippen LogP contribution in [0.1, 0.15) is 55.1 Å². The molecule has 110 valence electrons. The molecule has 1 atom stereocenters. The number of rotatable bonds is 2. The Labute approximate surface area is 120 Å². The van der Waals surface area contributed by atoms with Gasteiger partial charge in [-0.3, -0.25) is 9.48 Å². The molecule has 1 saturated heterocycles. The van der Waals surface area contributed by atoms with Crippen molar-refractivity contribution in [1.82, 2.24) is 14.7 Å². The fourth-order valence-electron chi connectivity index (χ4n) is 3.17. The number of piperidine rings is 1. The van der Waals surface area contributed by atoms with Gasteiger partial charge in [-0.15, -0.1) is 0 Å². The highest BCUT2D eigenvalue weighted by Gasteiger charge is 2.38. The molecule has 0 aromatic carbocycles. The van der Waals surface area contributed by atoms with Crippen molar-refractivity contribution in [3.05, 3.63) is 17.5 Å². The minimum Gasteiger partial charge on any atom is -0.338 e. The van der Waals surface area contributed by atoms with Crippen molar-refractivity contribution < 1.29 is 4.79 Å². The van der Waals surface area contributed by atoms with E-state index in [1.54, 1.807) is 6.20 Å². The smallest absolute Gasteiger partial charge is 0.257 e. The maximum Gasteiger partial charge on any atom is 0.257 e. The van der Waals surface area contributed by atoms with Gasteiger partial charge in [-0.2, -0.15) is 5.10 Å². The third kappa shape index (κ3) is 2.24. The lowest BCUT2D eigenvalue weighted by molar-refractivity contribution is 0.0531. The summed E-state index contributed by atoms with van der Waals surface area (Å²) in [5.41, 5.74) is 8.04. The molecule has 5 nitrogen and oxygen atoms in total. The Morgan fingerprint density at radius 2 is 2.10 bits per heavy atom. The molecular weight excluding hydrogens is 252 g/mol. The molecule has 2 heterocycles. The number of likely N-dealkylation sites (tertiary alicyclic amines) is 1. The summed E-state index contributed by atoms with van der Waals surface area (Å²) < 4.78 is 1.87. The second kappa shape index (κ2) is 4.58. The summed E-state index contributed by atoms with van der Waals surface area (Å²) in [5, 5.41) is 4.29. The summed E-state index contributed by atoms with van der Waals surface area (Å²) in [5.74, 6) is 0.654. The summed E-state index contributed by atoms with van der Waals surface area (Å²) in [6.07, 6.45) is 4.96. The van der Waals surface area contributed by atoms with Crippen molar-refractivity contribution in [2.45, 2.75) is 45.1 Å². The second-order valence-corrected chi connectivity index (χ2v) is 6.95. The number of carbonyl (C=O) groups excluding carboxylic acids is 1. The van der Waals surface area contributed by atoms with Crippen LogP contribution in [-0.2, 0) is 7.05 Å². The Balaban J connectivity index is 1.83. The number of amides is 1. The highest BCUT2D eigenvalue weighted by atomic mass is 16.2. The topological polar surface area (TPSA) is 64.2 Å². The van der Waals surface area contributed by atoms with Gasteiger partial charge in [-0.05, 0) is 24.7 Å². The van der Waals surface area contributed by atoms with Gasteiger partial charge in [0.25, 0.3) is 5.91 Å². The fraction of sp³-hybridized carbons (Fsp3) is 0.733. The van der Waals surface area contributed by atoms with Crippen LogP contribution in [0.3, 0.4) is 0 Å². The van der Waals surface area contributed by atoms with Crippen molar-refractivity contribution in [2.24, 2.45) is 18.2 Å². The first-order valence-electron chi connectivity index (χ1n) is 7.47. The van der Waals surface area contributed by atoms with Crippen LogP contribution in [0.4, 0.5) is 0 Å². The van der Waals surface area contributed by atoms with E-state index < -0.39 is 0 Å². The number of hydrogen-bond donors (Lipinski definition) is 1. The molecule has 0 radical (unpaired) electrons. The summed E-state index contributed by atoms with van der Waals surface area (Å²) in [6, 6.07) is 0.170.